The maximum Gasteiger partial charge on any atom is 0.272 e. The van der Waals surface area contributed by atoms with E-state index in [9.17, 15) is 14.0 Å². The fourth-order valence-corrected chi connectivity index (χ4v) is 4.50. The molecule has 0 unspecified atom stereocenters. The van der Waals surface area contributed by atoms with Crippen molar-refractivity contribution in [3.8, 4) is 0 Å². The van der Waals surface area contributed by atoms with Gasteiger partial charge in [0.1, 0.15) is 5.82 Å². The van der Waals surface area contributed by atoms with E-state index >= 15 is 0 Å². The molecule has 3 aromatic rings. The molecule has 2 aliphatic rings. The number of rotatable bonds is 2. The third-order valence-electron chi connectivity index (χ3n) is 4.75. The molecule has 2 heterocycles. The Bertz CT molecular complexity index is 1240. The maximum absolute atomic E-state index is 14.2. The number of para-hydroxylation sites is 3. The average molecular weight is 415 g/mol. The standard InChI is InChI=1S/C23H14FN3O2S/c24-17-13-7-12-16-18(21(28)26-19(16)17)20-22(29)27(15-10-5-2-6-11-15)23(30-20)25-14-8-3-1-4-9-14/h1-13H,(H,26,28)/b20-18-,25-23-. The molecule has 0 aromatic heterocycles. The van der Waals surface area contributed by atoms with E-state index in [4.69, 9.17) is 0 Å². The normalized spacial score (nSPS) is 19.4. The van der Waals surface area contributed by atoms with E-state index in [0.717, 1.165) is 11.8 Å². The number of aliphatic imine (C=N–C) groups is 1. The summed E-state index contributed by atoms with van der Waals surface area (Å²) in [4.78, 5) is 32.4. The van der Waals surface area contributed by atoms with Gasteiger partial charge in [0, 0.05) is 5.56 Å². The monoisotopic (exact) mass is 415 g/mol. The largest absolute Gasteiger partial charge is 0.319 e. The highest BCUT2D eigenvalue weighted by molar-refractivity contribution is 8.19. The van der Waals surface area contributed by atoms with Crippen LogP contribution in [-0.2, 0) is 9.59 Å². The molecule has 1 saturated heterocycles. The number of carbonyl (C=O) groups is 2. The van der Waals surface area contributed by atoms with Gasteiger partial charge < -0.3 is 5.32 Å². The first-order chi connectivity index (χ1) is 14.6. The van der Waals surface area contributed by atoms with Crippen LogP contribution < -0.4 is 10.2 Å². The first-order valence-electron chi connectivity index (χ1n) is 9.19. The third kappa shape index (κ3) is 3.00. The van der Waals surface area contributed by atoms with Crippen LogP contribution in [0.2, 0.25) is 0 Å². The molecule has 7 heteroatoms. The van der Waals surface area contributed by atoms with Crippen molar-refractivity contribution in [3.05, 3.63) is 95.1 Å². The summed E-state index contributed by atoms with van der Waals surface area (Å²) in [7, 11) is 0. The number of carbonyl (C=O) groups excluding carboxylic acids is 2. The summed E-state index contributed by atoms with van der Waals surface area (Å²) < 4.78 is 14.2. The minimum atomic E-state index is -0.537. The Morgan fingerprint density at radius 1 is 0.867 bits per heavy atom. The lowest BCUT2D eigenvalue weighted by Crippen LogP contribution is -2.29. The van der Waals surface area contributed by atoms with Crippen molar-refractivity contribution in [3.63, 3.8) is 0 Å². The Morgan fingerprint density at radius 3 is 2.30 bits per heavy atom. The summed E-state index contributed by atoms with van der Waals surface area (Å²) in [5, 5.41) is 2.96. The topological polar surface area (TPSA) is 61.8 Å². The molecular formula is C23H14FN3O2S. The van der Waals surface area contributed by atoms with Crippen LogP contribution >= 0.6 is 11.8 Å². The van der Waals surface area contributed by atoms with E-state index in [2.05, 4.69) is 10.3 Å². The van der Waals surface area contributed by atoms with Gasteiger partial charge in [-0.15, -0.1) is 0 Å². The zero-order chi connectivity index (χ0) is 20.7. The van der Waals surface area contributed by atoms with Crippen LogP contribution in [0.3, 0.4) is 0 Å². The number of anilines is 2. The molecule has 0 radical (unpaired) electrons. The number of halogens is 1. The molecule has 30 heavy (non-hydrogen) atoms. The molecule has 0 aliphatic carbocycles. The number of nitrogens with zero attached hydrogens (tertiary/aromatic N) is 2. The van der Waals surface area contributed by atoms with Crippen molar-refractivity contribution in [2.75, 3.05) is 10.2 Å². The molecule has 1 N–H and O–H groups in total. The van der Waals surface area contributed by atoms with Gasteiger partial charge >= 0.3 is 0 Å². The number of thioether (sulfide) groups is 1. The molecular weight excluding hydrogens is 401 g/mol. The highest BCUT2D eigenvalue weighted by atomic mass is 32.2. The summed E-state index contributed by atoms with van der Waals surface area (Å²) in [6, 6.07) is 22.8. The molecule has 146 valence electrons. The molecule has 3 aromatic carbocycles. The maximum atomic E-state index is 14.2. The van der Waals surface area contributed by atoms with E-state index in [1.54, 1.807) is 18.2 Å². The van der Waals surface area contributed by atoms with Crippen molar-refractivity contribution in [1.29, 1.82) is 0 Å². The van der Waals surface area contributed by atoms with Crippen molar-refractivity contribution < 1.29 is 14.0 Å². The Morgan fingerprint density at radius 2 is 1.57 bits per heavy atom. The fourth-order valence-electron chi connectivity index (χ4n) is 3.40. The van der Waals surface area contributed by atoms with Crippen molar-refractivity contribution in [2.24, 2.45) is 4.99 Å². The Kier molecular flexibility index (Phi) is 4.44. The summed E-state index contributed by atoms with van der Waals surface area (Å²) in [6.07, 6.45) is 0. The zero-order valence-electron chi connectivity index (χ0n) is 15.5. The minimum absolute atomic E-state index is 0.0955. The highest BCUT2D eigenvalue weighted by Crippen LogP contribution is 2.44. The summed E-state index contributed by atoms with van der Waals surface area (Å²) in [5.74, 6) is -1.41. The predicted octanol–water partition coefficient (Wildman–Crippen LogP) is 4.96. The molecule has 1 fully saturated rings. The van der Waals surface area contributed by atoms with Crippen molar-refractivity contribution in [2.45, 2.75) is 0 Å². The quantitative estimate of drug-likeness (QED) is 0.602. The molecule has 5 nitrogen and oxygen atoms in total. The average Bonchev–Trinajstić information content (AvgIpc) is 3.26. The second-order valence-corrected chi connectivity index (χ2v) is 7.61. The second-order valence-electron chi connectivity index (χ2n) is 6.63. The lowest BCUT2D eigenvalue weighted by molar-refractivity contribution is -0.114. The van der Waals surface area contributed by atoms with Crippen LogP contribution in [0.5, 0.6) is 0 Å². The van der Waals surface area contributed by atoms with Gasteiger partial charge in [0.15, 0.2) is 5.17 Å². The van der Waals surface area contributed by atoms with Crippen LogP contribution in [-0.4, -0.2) is 17.0 Å². The van der Waals surface area contributed by atoms with Crippen LogP contribution in [0.25, 0.3) is 5.57 Å². The second kappa shape index (κ2) is 7.27. The predicted molar refractivity (Wildman–Crippen MR) is 117 cm³/mol. The van der Waals surface area contributed by atoms with Crippen molar-refractivity contribution in [1.82, 2.24) is 0 Å². The van der Waals surface area contributed by atoms with E-state index < -0.39 is 11.7 Å². The Hall–Kier alpha value is -3.71. The molecule has 0 saturated carbocycles. The molecule has 0 bridgehead atoms. The number of amides is 2. The van der Waals surface area contributed by atoms with Gasteiger partial charge in [-0.05, 0) is 42.1 Å². The number of benzene rings is 3. The third-order valence-corrected chi connectivity index (χ3v) is 5.79. The van der Waals surface area contributed by atoms with E-state index in [0.29, 0.717) is 22.1 Å². The zero-order valence-corrected chi connectivity index (χ0v) is 16.3. The Labute approximate surface area is 175 Å². The number of nitrogens with one attached hydrogen (secondary N) is 1. The lowest BCUT2D eigenvalue weighted by Gasteiger charge is -2.15. The molecule has 2 amide bonds. The summed E-state index contributed by atoms with van der Waals surface area (Å²) in [5.41, 5.74) is 1.96. The van der Waals surface area contributed by atoms with Gasteiger partial charge in [0.2, 0.25) is 0 Å². The number of hydrogen-bond donors (Lipinski definition) is 1. The molecule has 2 aliphatic heterocycles. The SMILES string of the molecule is O=C1Nc2c(F)cccc2/C1=C1/S/C(=N\c2ccccc2)N(c2ccccc2)C1=O. The van der Waals surface area contributed by atoms with E-state index in [1.165, 1.54) is 17.0 Å². The van der Waals surface area contributed by atoms with Crippen LogP contribution in [0.1, 0.15) is 5.56 Å². The van der Waals surface area contributed by atoms with Gasteiger partial charge in [0.05, 0.1) is 27.5 Å². The van der Waals surface area contributed by atoms with E-state index in [1.807, 2.05) is 48.5 Å². The van der Waals surface area contributed by atoms with Crippen LogP contribution in [0.4, 0.5) is 21.5 Å². The Balaban J connectivity index is 1.69. The van der Waals surface area contributed by atoms with E-state index in [-0.39, 0.29) is 22.1 Å². The highest BCUT2D eigenvalue weighted by Gasteiger charge is 2.41. The summed E-state index contributed by atoms with van der Waals surface area (Å²) >= 11 is 1.11. The number of amidine groups is 1. The van der Waals surface area contributed by atoms with Crippen LogP contribution in [0, 0.1) is 5.82 Å². The van der Waals surface area contributed by atoms with Gasteiger partial charge in [-0.3, -0.25) is 14.5 Å². The lowest BCUT2D eigenvalue weighted by atomic mass is 10.1. The fraction of sp³-hybridized carbons (Fsp3) is 0. The molecule has 5 rings (SSSR count). The van der Waals surface area contributed by atoms with Gasteiger partial charge in [-0.25, -0.2) is 9.38 Å². The molecule has 0 spiro atoms. The van der Waals surface area contributed by atoms with Crippen molar-refractivity contribution >= 4 is 51.4 Å². The van der Waals surface area contributed by atoms with Gasteiger partial charge in [-0.2, -0.15) is 0 Å². The minimum Gasteiger partial charge on any atom is -0.319 e. The summed E-state index contributed by atoms with van der Waals surface area (Å²) in [6.45, 7) is 0. The van der Waals surface area contributed by atoms with Crippen LogP contribution in [0.15, 0.2) is 88.8 Å². The first-order valence-corrected chi connectivity index (χ1v) is 10.0. The smallest absolute Gasteiger partial charge is 0.272 e. The van der Waals surface area contributed by atoms with Gasteiger partial charge in [0.25, 0.3) is 11.8 Å². The number of fused-ring (bicyclic) bond motifs is 1. The first kappa shape index (κ1) is 18.3. The molecule has 0 atom stereocenters. The number of hydrogen-bond acceptors (Lipinski definition) is 4. The van der Waals surface area contributed by atoms with Gasteiger partial charge in [-0.1, -0.05) is 48.5 Å².